The van der Waals surface area contributed by atoms with Crippen LogP contribution in [0.2, 0.25) is 0 Å². The number of rotatable bonds is 2. The lowest BCUT2D eigenvalue weighted by Gasteiger charge is -2.16. The van der Waals surface area contributed by atoms with Crippen molar-refractivity contribution >= 4 is 34.9 Å². The maximum absolute atomic E-state index is 11.8. The first-order chi connectivity index (χ1) is 9.15. The Kier molecular flexibility index (Phi) is 4.11. The molecule has 1 aromatic carbocycles. The van der Waals surface area contributed by atoms with Crippen LogP contribution in [-0.4, -0.2) is 28.4 Å². The number of amides is 1. The Morgan fingerprint density at radius 3 is 2.85 bits per heavy atom. The van der Waals surface area contributed by atoms with Crippen LogP contribution in [0, 0.1) is 0 Å². The fraction of sp³-hybridized carbons (Fsp3) is 0.286. The van der Waals surface area contributed by atoms with Crippen LogP contribution in [0.3, 0.4) is 0 Å². The summed E-state index contributed by atoms with van der Waals surface area (Å²) in [7, 11) is 0. The van der Waals surface area contributed by atoms with Gasteiger partial charge >= 0.3 is 0 Å². The molecule has 5 nitrogen and oxygen atoms in total. The van der Waals surface area contributed by atoms with E-state index in [4.69, 9.17) is 11.5 Å². The second kappa shape index (κ2) is 5.64. The fourth-order valence-corrected chi connectivity index (χ4v) is 2.49. The van der Waals surface area contributed by atoms with Crippen LogP contribution in [0.5, 0.6) is 0 Å². The molecule has 4 N–H and O–H groups in total. The first-order valence-corrected chi connectivity index (χ1v) is 6.32. The highest BCUT2D eigenvalue weighted by molar-refractivity contribution is 5.91. The molecule has 2 aromatic rings. The van der Waals surface area contributed by atoms with Crippen molar-refractivity contribution in [2.24, 2.45) is 5.73 Å². The van der Waals surface area contributed by atoms with E-state index in [1.165, 1.54) is 0 Å². The number of aromatic nitrogens is 1. The van der Waals surface area contributed by atoms with Gasteiger partial charge < -0.3 is 16.4 Å². The minimum absolute atomic E-state index is 0. The Balaban J connectivity index is 0.00000147. The van der Waals surface area contributed by atoms with Gasteiger partial charge in [0.1, 0.15) is 5.82 Å². The van der Waals surface area contributed by atoms with Crippen molar-refractivity contribution in [2.75, 3.05) is 12.3 Å². The number of hydrogen-bond donors (Lipinski definition) is 2. The highest BCUT2D eigenvalue weighted by atomic mass is 35.5. The summed E-state index contributed by atoms with van der Waals surface area (Å²) >= 11 is 0. The lowest BCUT2D eigenvalue weighted by atomic mass is 10.1. The molecule has 106 valence electrons. The highest BCUT2D eigenvalue weighted by Gasteiger charge is 2.28. The second-order valence-corrected chi connectivity index (χ2v) is 4.91. The molecule has 1 fully saturated rings. The lowest BCUT2D eigenvalue weighted by molar-refractivity contribution is -0.129. The Hall–Kier alpha value is -1.85. The van der Waals surface area contributed by atoms with E-state index >= 15 is 0 Å². The minimum Gasteiger partial charge on any atom is -0.383 e. The van der Waals surface area contributed by atoms with Gasteiger partial charge in [-0.15, -0.1) is 12.4 Å². The first-order valence-electron chi connectivity index (χ1n) is 6.32. The molecule has 1 aliphatic rings. The number of fused-ring (bicyclic) bond motifs is 1. The molecule has 1 aliphatic heterocycles. The SMILES string of the molecule is Cl.Nc1nccc2cc(CN3CC[C@H](N)C3=O)ccc12. The van der Waals surface area contributed by atoms with E-state index in [0.717, 1.165) is 29.3 Å². The van der Waals surface area contributed by atoms with E-state index in [2.05, 4.69) is 4.98 Å². The van der Waals surface area contributed by atoms with Gasteiger partial charge in [-0.1, -0.05) is 12.1 Å². The molecule has 0 bridgehead atoms. The number of carbonyl (C=O) groups excluding carboxylic acids is 1. The Morgan fingerprint density at radius 1 is 1.35 bits per heavy atom. The third-order valence-electron chi connectivity index (χ3n) is 3.57. The summed E-state index contributed by atoms with van der Waals surface area (Å²) in [6.45, 7) is 1.33. The van der Waals surface area contributed by atoms with Crippen LogP contribution in [0.4, 0.5) is 5.82 Å². The van der Waals surface area contributed by atoms with Crippen LogP contribution in [0.15, 0.2) is 30.5 Å². The molecular formula is C14H17ClN4O. The zero-order valence-corrected chi connectivity index (χ0v) is 11.8. The quantitative estimate of drug-likeness (QED) is 0.873. The largest absolute Gasteiger partial charge is 0.383 e. The molecule has 0 spiro atoms. The van der Waals surface area contributed by atoms with Gasteiger partial charge in [0.25, 0.3) is 0 Å². The van der Waals surface area contributed by atoms with Gasteiger partial charge in [0.15, 0.2) is 0 Å². The molecule has 2 heterocycles. The van der Waals surface area contributed by atoms with E-state index in [1.807, 2.05) is 24.3 Å². The van der Waals surface area contributed by atoms with Crippen LogP contribution in [0.1, 0.15) is 12.0 Å². The molecule has 0 unspecified atom stereocenters. The first kappa shape index (κ1) is 14.6. The zero-order chi connectivity index (χ0) is 13.4. The Labute approximate surface area is 123 Å². The van der Waals surface area contributed by atoms with Gasteiger partial charge in [-0.2, -0.15) is 0 Å². The number of hydrogen-bond acceptors (Lipinski definition) is 4. The van der Waals surface area contributed by atoms with E-state index in [1.54, 1.807) is 11.1 Å². The minimum atomic E-state index is -0.333. The van der Waals surface area contributed by atoms with Gasteiger partial charge in [-0.05, 0) is 29.5 Å². The number of halogens is 1. The van der Waals surface area contributed by atoms with Crippen LogP contribution >= 0.6 is 12.4 Å². The molecule has 3 rings (SSSR count). The van der Waals surface area contributed by atoms with E-state index in [-0.39, 0.29) is 24.4 Å². The maximum atomic E-state index is 11.8. The molecular weight excluding hydrogens is 276 g/mol. The molecule has 1 saturated heterocycles. The molecule has 0 radical (unpaired) electrons. The third kappa shape index (κ3) is 2.55. The number of carbonyl (C=O) groups is 1. The average Bonchev–Trinajstić information content (AvgIpc) is 2.71. The summed E-state index contributed by atoms with van der Waals surface area (Å²) in [6, 6.07) is 7.57. The van der Waals surface area contributed by atoms with Crippen molar-refractivity contribution in [3.05, 3.63) is 36.0 Å². The van der Waals surface area contributed by atoms with E-state index in [0.29, 0.717) is 12.4 Å². The smallest absolute Gasteiger partial charge is 0.239 e. The lowest BCUT2D eigenvalue weighted by Crippen LogP contribution is -2.33. The summed E-state index contributed by atoms with van der Waals surface area (Å²) in [5.74, 6) is 0.567. The van der Waals surface area contributed by atoms with E-state index in [9.17, 15) is 4.79 Å². The summed E-state index contributed by atoms with van der Waals surface area (Å²) < 4.78 is 0. The van der Waals surface area contributed by atoms with Gasteiger partial charge in [0.05, 0.1) is 6.04 Å². The van der Waals surface area contributed by atoms with Gasteiger partial charge in [-0.3, -0.25) is 4.79 Å². The average molecular weight is 293 g/mol. The van der Waals surface area contributed by atoms with Crippen LogP contribution in [-0.2, 0) is 11.3 Å². The summed E-state index contributed by atoms with van der Waals surface area (Å²) in [6.07, 6.45) is 2.43. The predicted octanol–water partition coefficient (Wildman–Crippen LogP) is 1.30. The van der Waals surface area contributed by atoms with Crippen molar-refractivity contribution in [3.8, 4) is 0 Å². The monoisotopic (exact) mass is 292 g/mol. The molecule has 1 aromatic heterocycles. The van der Waals surface area contributed by atoms with Crippen molar-refractivity contribution in [1.29, 1.82) is 0 Å². The molecule has 1 amide bonds. The van der Waals surface area contributed by atoms with Crippen LogP contribution in [0.25, 0.3) is 10.8 Å². The number of nitrogens with zero attached hydrogens (tertiary/aromatic N) is 2. The normalized spacial score (nSPS) is 18.4. The van der Waals surface area contributed by atoms with Gasteiger partial charge in [0, 0.05) is 24.7 Å². The summed E-state index contributed by atoms with van der Waals surface area (Å²) in [5, 5.41) is 1.98. The number of pyridine rings is 1. The number of anilines is 1. The van der Waals surface area contributed by atoms with Crippen molar-refractivity contribution in [1.82, 2.24) is 9.88 Å². The standard InChI is InChI=1S/C14H16N4O.ClH/c15-12-4-6-18(14(12)19)8-9-1-2-11-10(7-9)3-5-17-13(11)16;/h1-3,5,7,12H,4,6,8,15H2,(H2,16,17);1H/t12-;/m0./s1. The summed E-state index contributed by atoms with van der Waals surface area (Å²) in [5.41, 5.74) is 12.6. The summed E-state index contributed by atoms with van der Waals surface area (Å²) in [4.78, 5) is 17.7. The number of nitrogens with two attached hydrogens (primary N) is 2. The molecule has 6 heteroatoms. The number of nitrogen functional groups attached to an aromatic ring is 1. The maximum Gasteiger partial charge on any atom is 0.239 e. The van der Waals surface area contributed by atoms with Crippen molar-refractivity contribution in [2.45, 2.75) is 19.0 Å². The van der Waals surface area contributed by atoms with Gasteiger partial charge in [-0.25, -0.2) is 4.98 Å². The van der Waals surface area contributed by atoms with E-state index < -0.39 is 0 Å². The highest BCUT2D eigenvalue weighted by Crippen LogP contribution is 2.21. The van der Waals surface area contributed by atoms with Crippen LogP contribution < -0.4 is 11.5 Å². The molecule has 0 saturated carbocycles. The number of likely N-dealkylation sites (tertiary alicyclic amines) is 1. The number of benzene rings is 1. The topological polar surface area (TPSA) is 85.2 Å². The Morgan fingerprint density at radius 2 is 2.15 bits per heavy atom. The predicted molar refractivity (Wildman–Crippen MR) is 81.4 cm³/mol. The molecule has 20 heavy (non-hydrogen) atoms. The molecule has 1 atom stereocenters. The zero-order valence-electron chi connectivity index (χ0n) is 11.0. The van der Waals surface area contributed by atoms with Crippen molar-refractivity contribution < 1.29 is 4.79 Å². The fourth-order valence-electron chi connectivity index (χ4n) is 2.49. The van der Waals surface area contributed by atoms with Gasteiger partial charge in [0.2, 0.25) is 5.91 Å². The third-order valence-corrected chi connectivity index (χ3v) is 3.57. The van der Waals surface area contributed by atoms with Crippen molar-refractivity contribution in [3.63, 3.8) is 0 Å². The molecule has 0 aliphatic carbocycles. The Bertz CT molecular complexity index is 646. The second-order valence-electron chi connectivity index (χ2n) is 4.91.